The SMILES string of the molecule is CCOC(=O)c1ccc(-c2ccc(/C=N\Nc3nncc4ccccc34)o2)cc1. The van der Waals surface area contributed by atoms with E-state index >= 15 is 0 Å². The summed E-state index contributed by atoms with van der Waals surface area (Å²) in [6, 6.07) is 18.5. The van der Waals surface area contributed by atoms with Crippen LogP contribution in [-0.2, 0) is 4.74 Å². The van der Waals surface area contributed by atoms with Crippen LogP contribution < -0.4 is 5.43 Å². The normalized spacial score (nSPS) is 11.1. The van der Waals surface area contributed by atoms with Crippen molar-refractivity contribution in [3.05, 3.63) is 78.2 Å². The van der Waals surface area contributed by atoms with Crippen LogP contribution in [0.2, 0.25) is 0 Å². The first kappa shape index (κ1) is 18.4. The number of ether oxygens (including phenoxy) is 1. The molecule has 4 aromatic rings. The van der Waals surface area contributed by atoms with Gasteiger partial charge in [0.05, 0.1) is 24.6 Å². The molecule has 0 unspecified atom stereocenters. The number of benzene rings is 2. The van der Waals surface area contributed by atoms with Crippen LogP contribution in [0.25, 0.3) is 22.1 Å². The predicted octanol–water partition coefficient (Wildman–Crippen LogP) is 4.51. The molecular formula is C22H18N4O3. The Morgan fingerprint density at radius 1 is 1.14 bits per heavy atom. The van der Waals surface area contributed by atoms with Crippen molar-refractivity contribution < 1.29 is 13.9 Å². The maximum absolute atomic E-state index is 11.7. The van der Waals surface area contributed by atoms with Gasteiger partial charge in [-0.15, -0.1) is 5.10 Å². The van der Waals surface area contributed by atoms with Gasteiger partial charge in [0.2, 0.25) is 0 Å². The van der Waals surface area contributed by atoms with Crippen LogP contribution in [0.5, 0.6) is 0 Å². The van der Waals surface area contributed by atoms with Crippen molar-refractivity contribution in [2.24, 2.45) is 5.10 Å². The number of carbonyl (C=O) groups excluding carboxylic acids is 1. The summed E-state index contributed by atoms with van der Waals surface area (Å²) in [4.78, 5) is 11.7. The molecule has 144 valence electrons. The summed E-state index contributed by atoms with van der Waals surface area (Å²) in [6.45, 7) is 2.12. The Morgan fingerprint density at radius 2 is 1.97 bits per heavy atom. The number of furan rings is 1. The van der Waals surface area contributed by atoms with Gasteiger partial charge in [-0.1, -0.05) is 36.4 Å². The highest BCUT2D eigenvalue weighted by molar-refractivity contribution is 5.91. The number of nitrogens with one attached hydrogen (secondary N) is 1. The number of rotatable bonds is 6. The Bertz CT molecular complexity index is 1160. The Kier molecular flexibility index (Phi) is 5.29. The predicted molar refractivity (Wildman–Crippen MR) is 111 cm³/mol. The van der Waals surface area contributed by atoms with Gasteiger partial charge in [0.15, 0.2) is 5.82 Å². The van der Waals surface area contributed by atoms with Crippen molar-refractivity contribution in [2.75, 3.05) is 12.0 Å². The molecule has 0 amide bonds. The van der Waals surface area contributed by atoms with Gasteiger partial charge in [-0.3, -0.25) is 5.43 Å². The average Bonchev–Trinajstić information content (AvgIpc) is 3.23. The van der Waals surface area contributed by atoms with Gasteiger partial charge in [0, 0.05) is 16.3 Å². The number of fused-ring (bicyclic) bond motifs is 1. The molecule has 0 radical (unpaired) electrons. The zero-order valence-corrected chi connectivity index (χ0v) is 15.7. The van der Waals surface area contributed by atoms with Gasteiger partial charge in [0.25, 0.3) is 0 Å². The van der Waals surface area contributed by atoms with Crippen molar-refractivity contribution in [3.63, 3.8) is 0 Å². The molecule has 0 aliphatic carbocycles. The summed E-state index contributed by atoms with van der Waals surface area (Å²) in [6.07, 6.45) is 3.27. The van der Waals surface area contributed by atoms with Crippen LogP contribution >= 0.6 is 0 Å². The number of esters is 1. The lowest BCUT2D eigenvalue weighted by atomic mass is 10.1. The first-order valence-electron chi connectivity index (χ1n) is 9.11. The lowest BCUT2D eigenvalue weighted by Gasteiger charge is -2.03. The van der Waals surface area contributed by atoms with Crippen LogP contribution in [0.15, 0.2) is 76.4 Å². The summed E-state index contributed by atoms with van der Waals surface area (Å²) >= 11 is 0. The third-order valence-electron chi connectivity index (χ3n) is 4.24. The first-order valence-corrected chi connectivity index (χ1v) is 9.11. The Balaban J connectivity index is 1.46. The smallest absolute Gasteiger partial charge is 0.338 e. The molecule has 0 saturated heterocycles. The monoisotopic (exact) mass is 386 g/mol. The summed E-state index contributed by atoms with van der Waals surface area (Å²) in [7, 11) is 0. The molecule has 7 heteroatoms. The van der Waals surface area contributed by atoms with Crippen molar-refractivity contribution in [1.82, 2.24) is 10.2 Å². The molecule has 0 aliphatic heterocycles. The number of hydrogen-bond acceptors (Lipinski definition) is 7. The van der Waals surface area contributed by atoms with Crippen LogP contribution in [0.1, 0.15) is 23.0 Å². The van der Waals surface area contributed by atoms with E-state index in [1.165, 1.54) is 0 Å². The van der Waals surface area contributed by atoms with Crippen molar-refractivity contribution in [2.45, 2.75) is 6.92 Å². The molecule has 0 aliphatic rings. The van der Waals surface area contributed by atoms with E-state index in [1.807, 2.05) is 48.5 Å². The quantitative estimate of drug-likeness (QED) is 0.298. The van der Waals surface area contributed by atoms with Gasteiger partial charge in [-0.25, -0.2) is 4.79 Å². The second-order valence-electron chi connectivity index (χ2n) is 6.15. The topological polar surface area (TPSA) is 89.6 Å². The summed E-state index contributed by atoms with van der Waals surface area (Å²) in [5.41, 5.74) is 4.26. The fraction of sp³-hybridized carbons (Fsp3) is 0.0909. The van der Waals surface area contributed by atoms with Gasteiger partial charge >= 0.3 is 5.97 Å². The van der Waals surface area contributed by atoms with E-state index in [9.17, 15) is 4.79 Å². The minimum absolute atomic E-state index is 0.339. The highest BCUT2D eigenvalue weighted by atomic mass is 16.5. The number of nitrogens with zero attached hydrogens (tertiary/aromatic N) is 3. The molecular weight excluding hydrogens is 368 g/mol. The lowest BCUT2D eigenvalue weighted by molar-refractivity contribution is 0.0526. The van der Waals surface area contributed by atoms with E-state index in [2.05, 4.69) is 20.7 Å². The molecule has 29 heavy (non-hydrogen) atoms. The molecule has 0 spiro atoms. The van der Waals surface area contributed by atoms with Crippen molar-refractivity contribution in [3.8, 4) is 11.3 Å². The summed E-state index contributed by atoms with van der Waals surface area (Å²) in [5.74, 6) is 1.48. The van der Waals surface area contributed by atoms with E-state index in [4.69, 9.17) is 9.15 Å². The van der Waals surface area contributed by atoms with E-state index in [-0.39, 0.29) is 5.97 Å². The fourth-order valence-corrected chi connectivity index (χ4v) is 2.83. The average molecular weight is 386 g/mol. The Morgan fingerprint density at radius 3 is 2.79 bits per heavy atom. The number of aromatic nitrogens is 2. The van der Waals surface area contributed by atoms with Crippen LogP contribution in [0, 0.1) is 0 Å². The molecule has 7 nitrogen and oxygen atoms in total. The molecule has 0 fully saturated rings. The number of hydrazone groups is 1. The molecule has 0 saturated carbocycles. The van der Waals surface area contributed by atoms with Crippen LogP contribution in [-0.4, -0.2) is 29.0 Å². The maximum atomic E-state index is 11.7. The zero-order valence-electron chi connectivity index (χ0n) is 15.7. The van der Waals surface area contributed by atoms with Gasteiger partial charge in [0.1, 0.15) is 11.5 Å². The second-order valence-corrected chi connectivity index (χ2v) is 6.15. The van der Waals surface area contributed by atoms with Gasteiger partial charge < -0.3 is 9.15 Å². The second kappa shape index (κ2) is 8.35. The van der Waals surface area contributed by atoms with Crippen molar-refractivity contribution in [1.29, 1.82) is 0 Å². The number of hydrogen-bond donors (Lipinski definition) is 1. The molecule has 0 atom stereocenters. The van der Waals surface area contributed by atoms with Crippen LogP contribution in [0.4, 0.5) is 5.82 Å². The van der Waals surface area contributed by atoms with E-state index in [0.29, 0.717) is 29.5 Å². The number of anilines is 1. The molecule has 4 rings (SSSR count). The third kappa shape index (κ3) is 4.14. The zero-order chi connectivity index (χ0) is 20.1. The molecule has 2 aromatic carbocycles. The maximum Gasteiger partial charge on any atom is 0.338 e. The third-order valence-corrected chi connectivity index (χ3v) is 4.24. The minimum atomic E-state index is -0.339. The largest absolute Gasteiger partial charge is 0.462 e. The molecule has 2 heterocycles. The van der Waals surface area contributed by atoms with Gasteiger partial charge in [-0.05, 0) is 31.2 Å². The fourth-order valence-electron chi connectivity index (χ4n) is 2.83. The molecule has 2 aromatic heterocycles. The van der Waals surface area contributed by atoms with Crippen molar-refractivity contribution >= 4 is 28.8 Å². The van der Waals surface area contributed by atoms with E-state index in [1.54, 1.807) is 31.5 Å². The minimum Gasteiger partial charge on any atom is -0.462 e. The summed E-state index contributed by atoms with van der Waals surface area (Å²) in [5, 5.41) is 14.2. The Hall–Kier alpha value is -4.00. The summed E-state index contributed by atoms with van der Waals surface area (Å²) < 4.78 is 10.8. The molecule has 1 N–H and O–H groups in total. The lowest BCUT2D eigenvalue weighted by Crippen LogP contribution is -2.03. The first-order chi connectivity index (χ1) is 14.2. The Labute approximate surface area is 167 Å². The van der Waals surface area contributed by atoms with Gasteiger partial charge in [-0.2, -0.15) is 10.2 Å². The standard InChI is InChI=1S/C22H18N4O3/c1-2-28-22(27)16-9-7-15(8-10-16)20-12-11-18(29-20)14-24-26-21-19-6-4-3-5-17(19)13-23-25-21/h3-14H,2H2,1H3,(H,25,26)/b24-14-. The van der Waals surface area contributed by atoms with E-state index < -0.39 is 0 Å². The number of carbonyl (C=O) groups is 1. The molecule has 0 bridgehead atoms. The highest BCUT2D eigenvalue weighted by Gasteiger charge is 2.08. The highest BCUT2D eigenvalue weighted by Crippen LogP contribution is 2.23. The van der Waals surface area contributed by atoms with Crippen LogP contribution in [0.3, 0.4) is 0 Å². The van der Waals surface area contributed by atoms with E-state index in [0.717, 1.165) is 16.3 Å².